The lowest BCUT2D eigenvalue weighted by atomic mass is 10.2. The first-order valence-corrected chi connectivity index (χ1v) is 6.14. The van der Waals surface area contributed by atoms with Gasteiger partial charge in [0.05, 0.1) is 11.3 Å². The molecule has 20 heavy (non-hydrogen) atoms. The minimum absolute atomic E-state index is 0.170. The molecule has 0 bridgehead atoms. The summed E-state index contributed by atoms with van der Waals surface area (Å²) in [5, 5.41) is 8.79. The molecule has 2 rings (SSSR count). The van der Waals surface area contributed by atoms with Crippen LogP contribution in [0.15, 0.2) is 42.6 Å². The van der Waals surface area contributed by atoms with Crippen molar-refractivity contribution in [2.45, 2.75) is 6.61 Å². The highest BCUT2D eigenvalue weighted by molar-refractivity contribution is 5.87. The number of hydrogen-bond donors (Lipinski definition) is 1. The molecule has 2 aromatic rings. The number of nitrogens with zero attached hydrogens (tertiary/aromatic N) is 2. The first-order chi connectivity index (χ1) is 9.56. The number of pyridine rings is 1. The molecular formula is C15H16N2O3. The maximum absolute atomic E-state index is 10.7. The monoisotopic (exact) mass is 272 g/mol. The van der Waals surface area contributed by atoms with E-state index in [1.54, 1.807) is 6.07 Å². The van der Waals surface area contributed by atoms with Gasteiger partial charge in [-0.15, -0.1) is 0 Å². The zero-order valence-corrected chi connectivity index (χ0v) is 11.4. The van der Waals surface area contributed by atoms with Crippen LogP contribution in [0.3, 0.4) is 0 Å². The van der Waals surface area contributed by atoms with Crippen LogP contribution in [-0.2, 0) is 6.61 Å². The first kappa shape index (κ1) is 13.9. The molecule has 0 aliphatic heterocycles. The second-order valence-electron chi connectivity index (χ2n) is 4.52. The molecular weight excluding hydrogens is 256 g/mol. The fourth-order valence-corrected chi connectivity index (χ4v) is 1.65. The van der Waals surface area contributed by atoms with Crippen molar-refractivity contribution in [3.05, 3.63) is 53.9 Å². The van der Waals surface area contributed by atoms with Crippen LogP contribution >= 0.6 is 0 Å². The smallest absolute Gasteiger partial charge is 0.337 e. The van der Waals surface area contributed by atoms with Crippen LogP contribution in [0, 0.1) is 0 Å². The third-order valence-corrected chi connectivity index (χ3v) is 2.79. The standard InChI is InChI=1S/C15H16N2O3/c1-17(2)13-4-3-5-14(8-13)20-10-12-7-6-11(9-16-12)15(18)19/h3-9H,10H2,1-2H3,(H,18,19). The topological polar surface area (TPSA) is 62.7 Å². The molecule has 0 aliphatic carbocycles. The highest BCUT2D eigenvalue weighted by atomic mass is 16.5. The van der Waals surface area contributed by atoms with Gasteiger partial charge in [-0.3, -0.25) is 4.98 Å². The van der Waals surface area contributed by atoms with E-state index in [0.29, 0.717) is 12.3 Å². The van der Waals surface area contributed by atoms with E-state index in [9.17, 15) is 4.79 Å². The van der Waals surface area contributed by atoms with Gasteiger partial charge in [-0.1, -0.05) is 6.07 Å². The summed E-state index contributed by atoms with van der Waals surface area (Å²) < 4.78 is 5.65. The maximum atomic E-state index is 10.7. The molecule has 1 aromatic carbocycles. The lowest BCUT2D eigenvalue weighted by Crippen LogP contribution is -2.08. The van der Waals surface area contributed by atoms with Crippen LogP contribution in [0.2, 0.25) is 0 Å². The Kier molecular flexibility index (Phi) is 4.20. The van der Waals surface area contributed by atoms with E-state index in [4.69, 9.17) is 9.84 Å². The number of carboxylic acid groups (broad SMARTS) is 1. The van der Waals surface area contributed by atoms with Crippen LogP contribution in [0.4, 0.5) is 5.69 Å². The summed E-state index contributed by atoms with van der Waals surface area (Å²) in [7, 11) is 3.93. The number of anilines is 1. The van der Waals surface area contributed by atoms with Gasteiger partial charge in [0.15, 0.2) is 0 Å². The van der Waals surface area contributed by atoms with Crippen LogP contribution in [0.1, 0.15) is 16.1 Å². The largest absolute Gasteiger partial charge is 0.487 e. The van der Waals surface area contributed by atoms with Gasteiger partial charge in [-0.2, -0.15) is 0 Å². The van der Waals surface area contributed by atoms with Crippen molar-refractivity contribution in [1.29, 1.82) is 0 Å². The van der Waals surface area contributed by atoms with Gasteiger partial charge in [0.25, 0.3) is 0 Å². The molecule has 0 atom stereocenters. The highest BCUT2D eigenvalue weighted by Gasteiger charge is 2.04. The Hall–Kier alpha value is -2.56. The van der Waals surface area contributed by atoms with Crippen molar-refractivity contribution >= 4 is 11.7 Å². The minimum atomic E-state index is -0.983. The van der Waals surface area contributed by atoms with Gasteiger partial charge >= 0.3 is 5.97 Å². The lowest BCUT2D eigenvalue weighted by molar-refractivity contribution is 0.0696. The summed E-state index contributed by atoms with van der Waals surface area (Å²) in [6.45, 7) is 0.302. The van der Waals surface area contributed by atoms with E-state index < -0.39 is 5.97 Å². The Bertz CT molecular complexity index is 594. The molecule has 104 valence electrons. The molecule has 0 amide bonds. The van der Waals surface area contributed by atoms with Gasteiger partial charge in [0.2, 0.25) is 0 Å². The Morgan fingerprint density at radius 2 is 2.10 bits per heavy atom. The molecule has 0 fully saturated rings. The van der Waals surface area contributed by atoms with Gasteiger partial charge in [-0.05, 0) is 24.3 Å². The number of aromatic nitrogens is 1. The van der Waals surface area contributed by atoms with E-state index >= 15 is 0 Å². The van der Waals surface area contributed by atoms with Crippen LogP contribution < -0.4 is 9.64 Å². The molecule has 0 saturated heterocycles. The molecule has 0 unspecified atom stereocenters. The number of carboxylic acids is 1. The number of aromatic carboxylic acids is 1. The summed E-state index contributed by atoms with van der Waals surface area (Å²) in [5.74, 6) is -0.232. The van der Waals surface area contributed by atoms with Crippen LogP contribution in [0.5, 0.6) is 5.75 Å². The number of benzene rings is 1. The van der Waals surface area contributed by atoms with Crippen LogP contribution in [-0.4, -0.2) is 30.2 Å². The van der Waals surface area contributed by atoms with E-state index in [0.717, 1.165) is 11.4 Å². The Morgan fingerprint density at radius 1 is 1.30 bits per heavy atom. The van der Waals surface area contributed by atoms with Crippen LogP contribution in [0.25, 0.3) is 0 Å². The Morgan fingerprint density at radius 3 is 2.70 bits per heavy atom. The van der Waals surface area contributed by atoms with Crippen molar-refractivity contribution in [2.24, 2.45) is 0 Å². The quantitative estimate of drug-likeness (QED) is 0.905. The zero-order chi connectivity index (χ0) is 14.5. The Balaban J connectivity index is 2.01. The molecule has 1 N–H and O–H groups in total. The van der Waals surface area contributed by atoms with Gasteiger partial charge in [0.1, 0.15) is 12.4 Å². The van der Waals surface area contributed by atoms with E-state index in [-0.39, 0.29) is 5.56 Å². The Labute approximate surface area is 117 Å². The number of rotatable bonds is 5. The number of ether oxygens (including phenoxy) is 1. The van der Waals surface area contributed by atoms with Gasteiger partial charge in [0, 0.05) is 32.0 Å². The van der Waals surface area contributed by atoms with Crippen molar-refractivity contribution in [1.82, 2.24) is 4.98 Å². The fourth-order valence-electron chi connectivity index (χ4n) is 1.65. The predicted molar refractivity (Wildman–Crippen MR) is 76.3 cm³/mol. The molecule has 1 aromatic heterocycles. The second-order valence-corrected chi connectivity index (χ2v) is 4.52. The summed E-state index contributed by atoms with van der Waals surface area (Å²) in [4.78, 5) is 16.8. The van der Waals surface area contributed by atoms with E-state index in [1.165, 1.54) is 12.3 Å². The lowest BCUT2D eigenvalue weighted by Gasteiger charge is -2.14. The second kappa shape index (κ2) is 6.06. The fraction of sp³-hybridized carbons (Fsp3) is 0.200. The molecule has 0 saturated carbocycles. The maximum Gasteiger partial charge on any atom is 0.337 e. The first-order valence-electron chi connectivity index (χ1n) is 6.14. The highest BCUT2D eigenvalue weighted by Crippen LogP contribution is 2.20. The van der Waals surface area contributed by atoms with Crippen molar-refractivity contribution in [3.63, 3.8) is 0 Å². The van der Waals surface area contributed by atoms with Gasteiger partial charge in [-0.25, -0.2) is 4.79 Å². The summed E-state index contributed by atoms with van der Waals surface area (Å²) in [6.07, 6.45) is 1.33. The normalized spacial score (nSPS) is 10.1. The minimum Gasteiger partial charge on any atom is -0.487 e. The SMILES string of the molecule is CN(C)c1cccc(OCc2ccc(C(=O)O)cn2)c1. The van der Waals surface area contributed by atoms with Crippen molar-refractivity contribution in [3.8, 4) is 5.75 Å². The number of hydrogen-bond acceptors (Lipinski definition) is 4. The third-order valence-electron chi connectivity index (χ3n) is 2.79. The van der Waals surface area contributed by atoms with E-state index in [1.807, 2.05) is 43.3 Å². The average Bonchev–Trinajstić information content (AvgIpc) is 2.46. The summed E-state index contributed by atoms with van der Waals surface area (Å²) >= 11 is 0. The summed E-state index contributed by atoms with van der Waals surface area (Å²) in [5.41, 5.74) is 1.91. The molecule has 0 radical (unpaired) electrons. The molecule has 5 nitrogen and oxygen atoms in total. The molecule has 0 aliphatic rings. The third kappa shape index (κ3) is 3.47. The summed E-state index contributed by atoms with van der Waals surface area (Å²) in [6, 6.07) is 10.9. The van der Waals surface area contributed by atoms with Gasteiger partial charge < -0.3 is 14.7 Å². The molecule has 0 spiro atoms. The molecule has 1 heterocycles. The predicted octanol–water partition coefficient (Wildman–Crippen LogP) is 2.42. The van der Waals surface area contributed by atoms with E-state index in [2.05, 4.69) is 4.98 Å². The molecule has 5 heteroatoms. The zero-order valence-electron chi connectivity index (χ0n) is 11.4. The number of carbonyl (C=O) groups is 1. The van der Waals surface area contributed by atoms with Crippen molar-refractivity contribution < 1.29 is 14.6 Å². The average molecular weight is 272 g/mol. The van der Waals surface area contributed by atoms with Crippen molar-refractivity contribution in [2.75, 3.05) is 19.0 Å².